The summed E-state index contributed by atoms with van der Waals surface area (Å²) in [6, 6.07) is 0. The molecule has 0 fully saturated rings. The zero-order valence-corrected chi connectivity index (χ0v) is 12.6. The number of fused-ring (bicyclic) bond motifs is 3. The number of carbonyl (C=O) groups is 1. The lowest BCUT2D eigenvalue weighted by Gasteiger charge is -2.30. The van der Waals surface area contributed by atoms with Gasteiger partial charge >= 0.3 is 5.69 Å². The van der Waals surface area contributed by atoms with E-state index in [1.165, 1.54) is 15.9 Å². The Balaban J connectivity index is 2.30. The van der Waals surface area contributed by atoms with Crippen LogP contribution in [-0.2, 0) is 29.1 Å². The summed E-state index contributed by atoms with van der Waals surface area (Å²) in [6.07, 6.45) is 0.684. The van der Waals surface area contributed by atoms with E-state index in [1.807, 2.05) is 13.8 Å². The summed E-state index contributed by atoms with van der Waals surface area (Å²) < 4.78 is 7.06. The van der Waals surface area contributed by atoms with Crippen LogP contribution >= 0.6 is 11.3 Å². The van der Waals surface area contributed by atoms with Gasteiger partial charge in [-0.2, -0.15) is 4.98 Å². The van der Waals surface area contributed by atoms with E-state index in [2.05, 4.69) is 4.98 Å². The fourth-order valence-electron chi connectivity index (χ4n) is 2.59. The van der Waals surface area contributed by atoms with Crippen molar-refractivity contribution in [2.75, 3.05) is 5.73 Å². The van der Waals surface area contributed by atoms with E-state index in [-0.39, 0.29) is 18.0 Å². The molecule has 0 saturated heterocycles. The Bertz CT molecular complexity index is 806. The summed E-state index contributed by atoms with van der Waals surface area (Å²) in [6.45, 7) is 4.27. The SMILES string of the molecule is CC1(C)Cc2c(sc3c2c(N)nc(=O)n3CC(N)=O)CO1. The second-order valence-electron chi connectivity index (χ2n) is 5.74. The standard InChI is InChI=1S/C13H16N4O3S/c1-13(2)3-6-7(5-20-13)21-11-9(6)10(15)16-12(19)17(11)4-8(14)18/h3-5H2,1-2H3,(H2,14,18)(H2,15,16,19). The predicted molar refractivity (Wildman–Crippen MR) is 80.1 cm³/mol. The summed E-state index contributed by atoms with van der Waals surface area (Å²) in [5.74, 6) is -0.390. The number of aromatic nitrogens is 2. The topological polar surface area (TPSA) is 113 Å². The molecule has 8 heteroatoms. The molecule has 0 radical (unpaired) electrons. The van der Waals surface area contributed by atoms with E-state index >= 15 is 0 Å². The number of hydrogen-bond acceptors (Lipinski definition) is 6. The van der Waals surface area contributed by atoms with Gasteiger partial charge in [-0.15, -0.1) is 11.3 Å². The van der Waals surface area contributed by atoms with Crippen LogP contribution in [0.2, 0.25) is 0 Å². The van der Waals surface area contributed by atoms with Gasteiger partial charge in [0.2, 0.25) is 5.91 Å². The van der Waals surface area contributed by atoms with Gasteiger partial charge in [0.25, 0.3) is 0 Å². The highest BCUT2D eigenvalue weighted by molar-refractivity contribution is 7.19. The van der Waals surface area contributed by atoms with Crippen LogP contribution in [0.3, 0.4) is 0 Å². The van der Waals surface area contributed by atoms with Crippen LogP contribution in [0.25, 0.3) is 10.2 Å². The lowest BCUT2D eigenvalue weighted by atomic mass is 9.94. The molecular weight excluding hydrogens is 292 g/mol. The minimum Gasteiger partial charge on any atom is -0.383 e. The summed E-state index contributed by atoms with van der Waals surface area (Å²) >= 11 is 1.41. The maximum atomic E-state index is 12.0. The van der Waals surface area contributed by atoms with Crippen LogP contribution in [0, 0.1) is 0 Å². The third-order valence-electron chi connectivity index (χ3n) is 3.53. The Hall–Kier alpha value is -1.93. The molecule has 0 unspecified atom stereocenters. The Morgan fingerprint density at radius 1 is 1.52 bits per heavy atom. The molecule has 0 bridgehead atoms. The third kappa shape index (κ3) is 2.30. The largest absolute Gasteiger partial charge is 0.383 e. The van der Waals surface area contributed by atoms with Crippen LogP contribution in [0.5, 0.6) is 0 Å². The number of hydrogen-bond donors (Lipinski definition) is 2. The number of ether oxygens (including phenoxy) is 1. The quantitative estimate of drug-likeness (QED) is 0.832. The maximum absolute atomic E-state index is 12.0. The lowest BCUT2D eigenvalue weighted by Crippen LogP contribution is -2.31. The average Bonchev–Trinajstić information content (AvgIpc) is 2.71. The number of primary amides is 1. The first kappa shape index (κ1) is 14.0. The number of anilines is 1. The van der Waals surface area contributed by atoms with Crippen LogP contribution in [-0.4, -0.2) is 21.1 Å². The molecule has 112 valence electrons. The van der Waals surface area contributed by atoms with Crippen LogP contribution in [0.1, 0.15) is 24.3 Å². The number of amides is 1. The lowest BCUT2D eigenvalue weighted by molar-refractivity contribution is -0.118. The van der Waals surface area contributed by atoms with Gasteiger partial charge in [0, 0.05) is 11.3 Å². The minimum atomic E-state index is -0.590. The van der Waals surface area contributed by atoms with E-state index in [9.17, 15) is 9.59 Å². The number of thiophene rings is 1. The Morgan fingerprint density at radius 2 is 2.24 bits per heavy atom. The fourth-order valence-corrected chi connectivity index (χ4v) is 3.83. The van der Waals surface area contributed by atoms with E-state index in [0.717, 1.165) is 15.8 Å². The van der Waals surface area contributed by atoms with Crippen molar-refractivity contribution in [3.63, 3.8) is 0 Å². The van der Waals surface area contributed by atoms with Gasteiger partial charge in [-0.3, -0.25) is 9.36 Å². The number of carbonyl (C=O) groups excluding carboxylic acids is 1. The van der Waals surface area contributed by atoms with Gasteiger partial charge in [0.05, 0.1) is 17.6 Å². The first-order valence-corrected chi connectivity index (χ1v) is 7.33. The minimum absolute atomic E-state index is 0.200. The van der Waals surface area contributed by atoms with E-state index < -0.39 is 11.6 Å². The molecular formula is C13H16N4O3S. The van der Waals surface area contributed by atoms with Crippen LogP contribution < -0.4 is 17.2 Å². The Labute approximate surface area is 124 Å². The van der Waals surface area contributed by atoms with Gasteiger partial charge in [0.1, 0.15) is 17.2 Å². The van der Waals surface area contributed by atoms with Crippen molar-refractivity contribution in [1.29, 1.82) is 0 Å². The van der Waals surface area contributed by atoms with Crippen molar-refractivity contribution in [2.45, 2.75) is 39.0 Å². The maximum Gasteiger partial charge on any atom is 0.351 e. The predicted octanol–water partition coefficient (Wildman–Crippen LogP) is 0.377. The molecule has 2 aromatic heterocycles. The van der Waals surface area contributed by atoms with Gasteiger partial charge in [0.15, 0.2) is 0 Å². The summed E-state index contributed by atoms with van der Waals surface area (Å²) in [4.78, 5) is 28.6. The van der Waals surface area contributed by atoms with Crippen molar-refractivity contribution in [2.24, 2.45) is 5.73 Å². The first-order chi connectivity index (χ1) is 9.78. The summed E-state index contributed by atoms with van der Waals surface area (Å²) in [7, 11) is 0. The van der Waals surface area contributed by atoms with E-state index in [0.29, 0.717) is 17.9 Å². The number of nitrogen functional groups attached to an aromatic ring is 1. The Kier molecular flexibility index (Phi) is 3.03. The monoisotopic (exact) mass is 308 g/mol. The molecule has 0 atom stereocenters. The van der Waals surface area contributed by atoms with Gasteiger partial charge in [-0.05, 0) is 19.4 Å². The van der Waals surface area contributed by atoms with Crippen molar-refractivity contribution < 1.29 is 9.53 Å². The molecule has 2 aromatic rings. The van der Waals surface area contributed by atoms with Gasteiger partial charge in [-0.1, -0.05) is 0 Å². The number of nitrogens with zero attached hydrogens (tertiary/aromatic N) is 2. The zero-order valence-electron chi connectivity index (χ0n) is 11.8. The molecule has 0 aliphatic carbocycles. The van der Waals surface area contributed by atoms with Gasteiger partial charge < -0.3 is 16.2 Å². The molecule has 7 nitrogen and oxygen atoms in total. The molecule has 3 rings (SSSR count). The van der Waals surface area contributed by atoms with E-state index in [1.54, 1.807) is 0 Å². The van der Waals surface area contributed by atoms with Gasteiger partial charge in [-0.25, -0.2) is 4.79 Å². The molecule has 4 N–H and O–H groups in total. The zero-order chi connectivity index (χ0) is 15.4. The highest BCUT2D eigenvalue weighted by Crippen LogP contribution is 2.40. The van der Waals surface area contributed by atoms with Crippen molar-refractivity contribution >= 4 is 33.3 Å². The number of nitrogens with two attached hydrogens (primary N) is 2. The first-order valence-electron chi connectivity index (χ1n) is 6.51. The second kappa shape index (κ2) is 4.54. The number of rotatable bonds is 2. The highest BCUT2D eigenvalue weighted by Gasteiger charge is 2.31. The molecule has 21 heavy (non-hydrogen) atoms. The molecule has 1 aliphatic rings. The second-order valence-corrected chi connectivity index (χ2v) is 6.82. The summed E-state index contributed by atoms with van der Waals surface area (Å²) in [5, 5.41) is 0.743. The molecule has 1 amide bonds. The summed E-state index contributed by atoms with van der Waals surface area (Å²) in [5.41, 5.74) is 11.3. The third-order valence-corrected chi connectivity index (χ3v) is 4.76. The smallest absolute Gasteiger partial charge is 0.351 e. The Morgan fingerprint density at radius 3 is 2.90 bits per heavy atom. The average molecular weight is 308 g/mol. The molecule has 1 aliphatic heterocycles. The fraction of sp³-hybridized carbons (Fsp3) is 0.462. The van der Waals surface area contributed by atoms with Crippen molar-refractivity contribution in [3.8, 4) is 0 Å². The highest BCUT2D eigenvalue weighted by atomic mass is 32.1. The molecule has 0 aromatic carbocycles. The van der Waals surface area contributed by atoms with Crippen molar-refractivity contribution in [3.05, 3.63) is 20.9 Å². The molecule has 0 spiro atoms. The molecule has 0 saturated carbocycles. The normalized spacial score (nSPS) is 16.9. The van der Waals surface area contributed by atoms with Crippen LogP contribution in [0.4, 0.5) is 5.82 Å². The van der Waals surface area contributed by atoms with Crippen molar-refractivity contribution in [1.82, 2.24) is 9.55 Å². The molecule has 3 heterocycles. The van der Waals surface area contributed by atoms with E-state index in [4.69, 9.17) is 16.2 Å². The van der Waals surface area contributed by atoms with Crippen LogP contribution in [0.15, 0.2) is 4.79 Å².